The topological polar surface area (TPSA) is 120 Å². The molecule has 0 unspecified atom stereocenters. The van der Waals surface area contributed by atoms with E-state index in [1.807, 2.05) is 13.0 Å². The number of ether oxygens (including phenoxy) is 1. The van der Waals surface area contributed by atoms with Gasteiger partial charge in [-0.05, 0) is 12.8 Å². The number of halogens is 1. The van der Waals surface area contributed by atoms with Gasteiger partial charge in [0.1, 0.15) is 17.5 Å². The lowest BCUT2D eigenvalue weighted by Crippen LogP contribution is -2.35. The number of nitrogens with zero attached hydrogens (tertiary/aromatic N) is 5. The Kier molecular flexibility index (Phi) is 5.42. The highest BCUT2D eigenvalue weighted by atomic mass is 35.5. The van der Waals surface area contributed by atoms with E-state index in [9.17, 15) is 4.79 Å². The number of hydrogen-bond donors (Lipinski definition) is 2. The van der Waals surface area contributed by atoms with Gasteiger partial charge in [0.25, 0.3) is 0 Å². The maximum absolute atomic E-state index is 11.4. The Morgan fingerprint density at radius 1 is 1.47 bits per heavy atom. The van der Waals surface area contributed by atoms with Crippen LogP contribution in [-0.2, 0) is 11.2 Å². The summed E-state index contributed by atoms with van der Waals surface area (Å²) in [4.78, 5) is 29.8. The lowest BCUT2D eigenvalue weighted by atomic mass is 10.2. The van der Waals surface area contributed by atoms with Crippen LogP contribution in [0.2, 0.25) is 5.02 Å². The van der Waals surface area contributed by atoms with Crippen LogP contribution in [0.1, 0.15) is 31.5 Å². The highest BCUT2D eigenvalue weighted by Gasteiger charge is 2.28. The smallest absolute Gasteiger partial charge is 0.326 e. The van der Waals surface area contributed by atoms with Crippen molar-refractivity contribution in [3.63, 3.8) is 0 Å². The van der Waals surface area contributed by atoms with Crippen molar-refractivity contribution in [1.82, 2.24) is 25.3 Å². The number of nitrogens with one attached hydrogen (secondary N) is 2. The van der Waals surface area contributed by atoms with E-state index >= 15 is 0 Å². The van der Waals surface area contributed by atoms with Crippen LogP contribution in [0.4, 0.5) is 5.82 Å². The SMILES string of the molecule is CCc1[nH]c2nc(Oc3cncc(C#N)c3)nc(N3CC[C@@H](NC(C)=O)C3)c2c1Cl. The number of hydrogen-bond acceptors (Lipinski definition) is 7. The first-order chi connectivity index (χ1) is 14.5. The molecule has 154 valence electrons. The number of carbonyl (C=O) groups is 1. The van der Waals surface area contributed by atoms with Crippen LogP contribution in [-0.4, -0.2) is 45.0 Å². The zero-order chi connectivity index (χ0) is 21.3. The summed E-state index contributed by atoms with van der Waals surface area (Å²) in [6.07, 6.45) is 4.47. The molecule has 4 rings (SSSR count). The quantitative estimate of drug-likeness (QED) is 0.644. The summed E-state index contributed by atoms with van der Waals surface area (Å²) in [6, 6.07) is 3.76. The van der Waals surface area contributed by atoms with Gasteiger partial charge in [0.15, 0.2) is 5.75 Å². The van der Waals surface area contributed by atoms with Crippen LogP contribution < -0.4 is 15.0 Å². The predicted molar refractivity (Wildman–Crippen MR) is 112 cm³/mol. The first-order valence-corrected chi connectivity index (χ1v) is 9.99. The van der Waals surface area contributed by atoms with Crippen LogP contribution in [0.15, 0.2) is 18.5 Å². The van der Waals surface area contributed by atoms with E-state index in [2.05, 4.69) is 30.2 Å². The van der Waals surface area contributed by atoms with Gasteiger partial charge >= 0.3 is 6.01 Å². The number of pyridine rings is 1. The molecule has 0 aliphatic carbocycles. The Bertz CT molecular complexity index is 1150. The van der Waals surface area contributed by atoms with Crippen molar-refractivity contribution in [2.45, 2.75) is 32.7 Å². The monoisotopic (exact) mass is 425 g/mol. The van der Waals surface area contributed by atoms with Crippen molar-refractivity contribution < 1.29 is 9.53 Å². The number of nitriles is 1. The molecule has 2 N–H and O–H groups in total. The number of anilines is 1. The minimum absolute atomic E-state index is 0.0387. The predicted octanol–water partition coefficient (Wildman–Crippen LogP) is 2.95. The van der Waals surface area contributed by atoms with E-state index in [1.54, 1.807) is 6.07 Å². The van der Waals surface area contributed by atoms with Gasteiger partial charge in [-0.1, -0.05) is 18.5 Å². The second kappa shape index (κ2) is 8.16. The zero-order valence-corrected chi connectivity index (χ0v) is 17.3. The summed E-state index contributed by atoms with van der Waals surface area (Å²) in [6.45, 7) is 4.84. The normalized spacial score (nSPS) is 15.9. The van der Waals surface area contributed by atoms with E-state index in [-0.39, 0.29) is 18.0 Å². The molecule has 1 saturated heterocycles. The summed E-state index contributed by atoms with van der Waals surface area (Å²) in [5, 5.41) is 13.3. The van der Waals surface area contributed by atoms with Crippen LogP contribution >= 0.6 is 11.6 Å². The van der Waals surface area contributed by atoms with Gasteiger partial charge < -0.3 is 19.9 Å². The van der Waals surface area contributed by atoms with Crippen LogP contribution in [0.3, 0.4) is 0 Å². The number of aryl methyl sites for hydroxylation is 1. The van der Waals surface area contributed by atoms with Gasteiger partial charge in [-0.25, -0.2) is 0 Å². The summed E-state index contributed by atoms with van der Waals surface area (Å²) in [5.74, 6) is 0.954. The van der Waals surface area contributed by atoms with E-state index < -0.39 is 0 Å². The molecule has 1 fully saturated rings. The number of rotatable bonds is 5. The third kappa shape index (κ3) is 3.86. The van der Waals surface area contributed by atoms with Crippen LogP contribution in [0.25, 0.3) is 11.0 Å². The van der Waals surface area contributed by atoms with E-state index in [4.69, 9.17) is 21.6 Å². The molecule has 10 heteroatoms. The van der Waals surface area contributed by atoms with E-state index in [0.717, 1.165) is 17.5 Å². The second-order valence-electron chi connectivity index (χ2n) is 7.08. The molecule has 1 aliphatic rings. The Morgan fingerprint density at radius 2 is 2.30 bits per heavy atom. The lowest BCUT2D eigenvalue weighted by Gasteiger charge is -2.19. The molecule has 0 saturated carbocycles. The fourth-order valence-electron chi connectivity index (χ4n) is 3.59. The molecule has 9 nitrogen and oxygen atoms in total. The molecule has 0 bridgehead atoms. The van der Waals surface area contributed by atoms with Gasteiger partial charge in [-0.3, -0.25) is 9.78 Å². The molecule has 1 aliphatic heterocycles. The molecular weight excluding hydrogens is 406 g/mol. The van der Waals surface area contributed by atoms with Gasteiger partial charge in [0.05, 0.1) is 22.2 Å². The third-order valence-electron chi connectivity index (χ3n) is 4.92. The number of aromatic nitrogens is 4. The Balaban J connectivity index is 1.74. The van der Waals surface area contributed by atoms with Crippen molar-refractivity contribution >= 4 is 34.4 Å². The van der Waals surface area contributed by atoms with Crippen molar-refractivity contribution in [2.75, 3.05) is 18.0 Å². The highest BCUT2D eigenvalue weighted by Crippen LogP contribution is 2.36. The highest BCUT2D eigenvalue weighted by molar-refractivity contribution is 6.37. The first-order valence-electron chi connectivity index (χ1n) is 9.61. The average molecular weight is 426 g/mol. The van der Waals surface area contributed by atoms with Crippen LogP contribution in [0, 0.1) is 11.3 Å². The van der Waals surface area contributed by atoms with Crippen LogP contribution in [0.5, 0.6) is 11.8 Å². The maximum Gasteiger partial charge on any atom is 0.326 e. The summed E-state index contributed by atoms with van der Waals surface area (Å²) >= 11 is 6.62. The summed E-state index contributed by atoms with van der Waals surface area (Å²) in [7, 11) is 0. The fraction of sp³-hybridized carbons (Fsp3) is 0.350. The molecule has 0 radical (unpaired) electrons. The molecular formula is C20H20ClN7O2. The van der Waals surface area contributed by atoms with E-state index in [0.29, 0.717) is 47.3 Å². The average Bonchev–Trinajstić information content (AvgIpc) is 3.31. The molecule has 0 aromatic carbocycles. The Hall–Kier alpha value is -3.38. The maximum atomic E-state index is 11.4. The molecule has 1 amide bonds. The fourth-order valence-corrected chi connectivity index (χ4v) is 3.94. The molecule has 4 heterocycles. The summed E-state index contributed by atoms with van der Waals surface area (Å²) < 4.78 is 5.81. The van der Waals surface area contributed by atoms with Gasteiger partial charge in [-0.15, -0.1) is 0 Å². The largest absolute Gasteiger partial charge is 0.422 e. The minimum Gasteiger partial charge on any atom is -0.422 e. The number of fused-ring (bicyclic) bond motifs is 1. The Labute approximate surface area is 178 Å². The number of H-pyrrole nitrogens is 1. The second-order valence-corrected chi connectivity index (χ2v) is 7.46. The van der Waals surface area contributed by atoms with Gasteiger partial charge in [-0.2, -0.15) is 15.2 Å². The first kappa shape index (κ1) is 19.9. The molecule has 3 aromatic heterocycles. The minimum atomic E-state index is -0.0588. The standard InChI is InChI=1S/C20H20ClN7O2/c1-3-15-17(21)16-18(25-15)26-20(30-14-6-12(7-22)8-23-9-14)27-19(16)28-5-4-13(10-28)24-11(2)29/h6,8-9,13H,3-5,10H2,1-2H3,(H,24,29)(H,25,26,27)/t13-/m1/s1. The number of amides is 1. The molecule has 1 atom stereocenters. The summed E-state index contributed by atoms with van der Waals surface area (Å²) in [5.41, 5.74) is 1.82. The van der Waals surface area contributed by atoms with Crippen molar-refractivity contribution in [3.05, 3.63) is 34.7 Å². The van der Waals surface area contributed by atoms with Gasteiger partial charge in [0.2, 0.25) is 5.91 Å². The number of carbonyl (C=O) groups excluding carboxylic acids is 1. The molecule has 30 heavy (non-hydrogen) atoms. The molecule has 0 spiro atoms. The van der Waals surface area contributed by atoms with Crippen molar-refractivity contribution in [2.24, 2.45) is 0 Å². The lowest BCUT2D eigenvalue weighted by molar-refractivity contribution is -0.119. The van der Waals surface area contributed by atoms with Crippen molar-refractivity contribution in [3.8, 4) is 17.8 Å². The van der Waals surface area contributed by atoms with Gasteiger partial charge in [0, 0.05) is 44.0 Å². The van der Waals surface area contributed by atoms with E-state index in [1.165, 1.54) is 19.3 Å². The molecule has 3 aromatic rings. The number of aromatic amines is 1. The van der Waals surface area contributed by atoms with Crippen molar-refractivity contribution in [1.29, 1.82) is 5.26 Å². The Morgan fingerprint density at radius 3 is 3.03 bits per heavy atom. The zero-order valence-electron chi connectivity index (χ0n) is 16.6. The third-order valence-corrected chi connectivity index (χ3v) is 5.34.